The van der Waals surface area contributed by atoms with Gasteiger partial charge in [-0.05, 0) is 32.6 Å². The van der Waals surface area contributed by atoms with Gasteiger partial charge >= 0.3 is 6.09 Å². The van der Waals surface area contributed by atoms with Gasteiger partial charge in [-0.25, -0.2) is 4.79 Å². The number of imide groups is 1. The maximum atomic E-state index is 13.2. The molecule has 2 unspecified atom stereocenters. The number of nitrogens with two attached hydrogens (primary N) is 1. The number of hydrogen-bond acceptors (Lipinski definition) is 10. The van der Waals surface area contributed by atoms with Crippen molar-refractivity contribution in [1.82, 2.24) is 16.0 Å². The average molecular weight is 569 g/mol. The van der Waals surface area contributed by atoms with Crippen molar-refractivity contribution < 1.29 is 38.5 Å². The molecule has 12 nitrogen and oxygen atoms in total. The Labute approximate surface area is 233 Å². The van der Waals surface area contributed by atoms with E-state index in [1.807, 2.05) is 30.3 Å². The summed E-state index contributed by atoms with van der Waals surface area (Å²) < 4.78 is 15.9. The van der Waals surface area contributed by atoms with Gasteiger partial charge in [0, 0.05) is 24.6 Å². The van der Waals surface area contributed by atoms with Crippen LogP contribution in [0.5, 0.6) is 0 Å². The van der Waals surface area contributed by atoms with Gasteiger partial charge in [-0.3, -0.25) is 19.7 Å². The number of alkyl carbamates (subject to hydrolysis) is 1. The molecule has 0 radical (unpaired) electrons. The van der Waals surface area contributed by atoms with Crippen molar-refractivity contribution in [2.45, 2.75) is 76.2 Å². The van der Waals surface area contributed by atoms with Crippen molar-refractivity contribution in [3.8, 4) is 0 Å². The first-order valence-electron chi connectivity index (χ1n) is 12.7. The number of ether oxygens (including phenoxy) is 3. The third kappa shape index (κ3) is 12.3. The molecule has 39 heavy (non-hydrogen) atoms. The van der Waals surface area contributed by atoms with E-state index < -0.39 is 66.4 Å². The number of carbonyl (C=O) groups is 4. The molecule has 0 aromatic heterocycles. The first-order valence-corrected chi connectivity index (χ1v) is 14.1. The standard InChI is InChI=1S/C26H40N4O8S/c1-26(2,3)38-25(35)29-18(12-16-8-6-5-7-9-16)23(33)28-19(15-39-4)24(34)30-21(32)14-20(31)17(27)13-22-36-10-11-37-22/h5-9,17-20,22,31H,10-15,27H2,1-4H3,(H,28,33)(H,29,35)(H,30,32,34)/t17?,18-,19-,20?/m0/s1. The molecule has 0 aliphatic carbocycles. The summed E-state index contributed by atoms with van der Waals surface area (Å²) in [5.74, 6) is -1.95. The molecule has 1 aliphatic heterocycles. The normalized spacial score (nSPS) is 17.0. The largest absolute Gasteiger partial charge is 0.444 e. The SMILES string of the molecule is CSC[C@H](NC(=O)[C@H](Cc1ccccc1)NC(=O)OC(C)(C)C)C(=O)NC(=O)CC(O)C(N)CC1OCCO1. The smallest absolute Gasteiger partial charge is 0.408 e. The maximum absolute atomic E-state index is 13.2. The molecule has 1 fully saturated rings. The van der Waals surface area contributed by atoms with E-state index in [0.29, 0.717) is 13.2 Å². The minimum absolute atomic E-state index is 0.150. The van der Waals surface area contributed by atoms with Crippen molar-refractivity contribution in [3.63, 3.8) is 0 Å². The summed E-state index contributed by atoms with van der Waals surface area (Å²) in [7, 11) is 0. The second-order valence-corrected chi connectivity index (χ2v) is 11.1. The van der Waals surface area contributed by atoms with E-state index in [1.54, 1.807) is 27.0 Å². The average Bonchev–Trinajstić information content (AvgIpc) is 3.35. The van der Waals surface area contributed by atoms with Gasteiger partial charge < -0.3 is 35.7 Å². The lowest BCUT2D eigenvalue weighted by Crippen LogP contribution is -2.56. The Kier molecular flexibility index (Phi) is 13.1. The van der Waals surface area contributed by atoms with Gasteiger partial charge in [0.1, 0.15) is 17.7 Å². The fourth-order valence-corrected chi connectivity index (χ4v) is 4.24. The lowest BCUT2D eigenvalue weighted by Gasteiger charge is -2.25. The number of nitrogens with one attached hydrogen (secondary N) is 3. The Balaban J connectivity index is 2.00. The highest BCUT2D eigenvalue weighted by molar-refractivity contribution is 7.98. The van der Waals surface area contributed by atoms with E-state index in [1.165, 1.54) is 11.8 Å². The Hall–Kier alpha value is -2.71. The summed E-state index contributed by atoms with van der Waals surface area (Å²) in [5.41, 5.74) is 5.96. The van der Waals surface area contributed by atoms with Crippen LogP contribution in [0.4, 0.5) is 4.79 Å². The summed E-state index contributed by atoms with van der Waals surface area (Å²) in [6.07, 6.45) is -0.886. The first-order chi connectivity index (χ1) is 18.4. The topological polar surface area (TPSA) is 178 Å². The number of thioether (sulfide) groups is 1. The Morgan fingerprint density at radius 3 is 2.31 bits per heavy atom. The molecule has 1 saturated heterocycles. The zero-order valence-electron chi connectivity index (χ0n) is 22.8. The van der Waals surface area contributed by atoms with E-state index in [0.717, 1.165) is 5.56 Å². The van der Waals surface area contributed by atoms with Gasteiger partial charge in [-0.15, -0.1) is 0 Å². The van der Waals surface area contributed by atoms with Gasteiger partial charge in [0.25, 0.3) is 0 Å². The van der Waals surface area contributed by atoms with Crippen LogP contribution in [0.15, 0.2) is 30.3 Å². The van der Waals surface area contributed by atoms with Crippen molar-refractivity contribution in [2.24, 2.45) is 5.73 Å². The summed E-state index contributed by atoms with van der Waals surface area (Å²) in [4.78, 5) is 51.0. The summed E-state index contributed by atoms with van der Waals surface area (Å²) in [5, 5.41) is 17.7. The highest BCUT2D eigenvalue weighted by atomic mass is 32.2. The van der Waals surface area contributed by atoms with Crippen LogP contribution in [0.2, 0.25) is 0 Å². The van der Waals surface area contributed by atoms with E-state index >= 15 is 0 Å². The van der Waals surface area contributed by atoms with Crippen molar-refractivity contribution in [1.29, 1.82) is 0 Å². The molecule has 1 heterocycles. The number of rotatable bonds is 13. The molecular formula is C26H40N4O8S. The molecule has 218 valence electrons. The molecule has 4 atom stereocenters. The molecular weight excluding hydrogens is 528 g/mol. The van der Waals surface area contributed by atoms with Crippen LogP contribution in [0.1, 0.15) is 39.2 Å². The Morgan fingerprint density at radius 2 is 1.72 bits per heavy atom. The second-order valence-electron chi connectivity index (χ2n) is 10.2. The lowest BCUT2D eigenvalue weighted by molar-refractivity contribution is -0.135. The molecule has 4 amide bonds. The highest BCUT2D eigenvalue weighted by Crippen LogP contribution is 2.13. The molecule has 1 aromatic rings. The van der Waals surface area contributed by atoms with E-state index in [-0.39, 0.29) is 18.6 Å². The molecule has 6 N–H and O–H groups in total. The first kappa shape index (κ1) is 32.5. The highest BCUT2D eigenvalue weighted by Gasteiger charge is 2.30. The molecule has 2 rings (SSSR count). The van der Waals surface area contributed by atoms with Gasteiger partial charge in [-0.2, -0.15) is 11.8 Å². The monoisotopic (exact) mass is 568 g/mol. The Bertz CT molecular complexity index is 953. The van der Waals surface area contributed by atoms with Crippen molar-refractivity contribution in [3.05, 3.63) is 35.9 Å². The number of hydrogen-bond donors (Lipinski definition) is 5. The lowest BCUT2D eigenvalue weighted by atomic mass is 10.0. The number of amides is 4. The predicted octanol–water partition coefficient (Wildman–Crippen LogP) is 0.454. The minimum atomic E-state index is -1.23. The number of benzene rings is 1. The quantitative estimate of drug-likeness (QED) is 0.224. The van der Waals surface area contributed by atoms with Gasteiger partial charge in [0.15, 0.2) is 6.29 Å². The number of aliphatic hydroxyl groups excluding tert-OH is 1. The maximum Gasteiger partial charge on any atom is 0.408 e. The van der Waals surface area contributed by atoms with Crippen molar-refractivity contribution >= 4 is 35.6 Å². The van der Waals surface area contributed by atoms with Crippen LogP contribution >= 0.6 is 11.8 Å². The molecule has 1 aliphatic rings. The molecule has 13 heteroatoms. The zero-order valence-corrected chi connectivity index (χ0v) is 23.6. The van der Waals surface area contributed by atoms with Crippen LogP contribution in [-0.4, -0.2) is 90.3 Å². The predicted molar refractivity (Wildman–Crippen MR) is 146 cm³/mol. The fraction of sp³-hybridized carbons (Fsp3) is 0.615. The Morgan fingerprint density at radius 1 is 1.08 bits per heavy atom. The second kappa shape index (κ2) is 15.8. The summed E-state index contributed by atoms with van der Waals surface area (Å²) in [6.45, 7) is 5.98. The molecule has 0 bridgehead atoms. The third-order valence-electron chi connectivity index (χ3n) is 5.56. The van der Waals surface area contributed by atoms with Gasteiger partial charge in [-0.1, -0.05) is 30.3 Å². The van der Waals surface area contributed by atoms with Crippen LogP contribution < -0.4 is 21.7 Å². The van der Waals surface area contributed by atoms with Crippen LogP contribution in [0, 0.1) is 0 Å². The van der Waals surface area contributed by atoms with Crippen LogP contribution in [-0.2, 0) is 35.0 Å². The fourth-order valence-electron chi connectivity index (χ4n) is 3.67. The van der Waals surface area contributed by atoms with E-state index in [4.69, 9.17) is 19.9 Å². The van der Waals surface area contributed by atoms with E-state index in [9.17, 15) is 24.3 Å². The van der Waals surface area contributed by atoms with Crippen LogP contribution in [0.3, 0.4) is 0 Å². The minimum Gasteiger partial charge on any atom is -0.444 e. The van der Waals surface area contributed by atoms with Crippen molar-refractivity contribution in [2.75, 3.05) is 25.2 Å². The van der Waals surface area contributed by atoms with Gasteiger partial charge in [0.05, 0.1) is 25.7 Å². The van der Waals surface area contributed by atoms with E-state index in [2.05, 4.69) is 16.0 Å². The van der Waals surface area contributed by atoms with Crippen LogP contribution in [0.25, 0.3) is 0 Å². The number of aliphatic hydroxyl groups is 1. The molecule has 0 saturated carbocycles. The molecule has 0 spiro atoms. The number of carbonyl (C=O) groups excluding carboxylic acids is 4. The third-order valence-corrected chi connectivity index (χ3v) is 6.23. The summed E-state index contributed by atoms with van der Waals surface area (Å²) in [6, 6.07) is 6.13. The summed E-state index contributed by atoms with van der Waals surface area (Å²) >= 11 is 1.29. The van der Waals surface area contributed by atoms with Gasteiger partial charge in [0.2, 0.25) is 17.7 Å². The zero-order chi connectivity index (χ0) is 29.0. The molecule has 1 aromatic carbocycles.